The molecule has 0 saturated carbocycles. The molecule has 0 radical (unpaired) electrons. The number of aliphatic hydroxyl groups is 1. The third-order valence-corrected chi connectivity index (χ3v) is 3.32. The first-order chi connectivity index (χ1) is 8.31. The van der Waals surface area contributed by atoms with E-state index in [4.69, 9.17) is 0 Å². The molecule has 18 heavy (non-hydrogen) atoms. The minimum Gasteiger partial charge on any atom is -0.391 e. The van der Waals surface area contributed by atoms with Crippen LogP contribution < -0.4 is 5.32 Å². The van der Waals surface area contributed by atoms with E-state index >= 15 is 0 Å². The van der Waals surface area contributed by atoms with E-state index in [0.29, 0.717) is 0 Å². The smallest absolute Gasteiger partial charge is 0.244 e. The number of nitrogens with one attached hydrogen (secondary N) is 1. The van der Waals surface area contributed by atoms with E-state index in [0.717, 1.165) is 10.0 Å². The molecule has 1 amide bonds. The molecule has 0 bridgehead atoms. The van der Waals surface area contributed by atoms with Crippen molar-refractivity contribution in [2.45, 2.75) is 32.4 Å². The Bertz CT molecular complexity index is 436. The van der Waals surface area contributed by atoms with Gasteiger partial charge in [-0.2, -0.15) is 0 Å². The maximum Gasteiger partial charge on any atom is 0.244 e. The molecule has 0 aliphatic heterocycles. The highest BCUT2D eigenvalue weighted by Gasteiger charge is 2.24. The summed E-state index contributed by atoms with van der Waals surface area (Å²) in [6.07, 6.45) is 2.59. The molecular weight excluding hydrogens is 294 g/mol. The summed E-state index contributed by atoms with van der Waals surface area (Å²) in [5, 5.41) is 12.3. The van der Waals surface area contributed by atoms with Gasteiger partial charge in [0.2, 0.25) is 5.91 Å². The van der Waals surface area contributed by atoms with E-state index in [9.17, 15) is 9.90 Å². The third-order valence-electron chi connectivity index (χ3n) is 2.79. The van der Waals surface area contributed by atoms with Crippen LogP contribution in [0.3, 0.4) is 0 Å². The second kappa shape index (κ2) is 6.16. The maximum atomic E-state index is 11.7. The van der Waals surface area contributed by atoms with Gasteiger partial charge in [-0.3, -0.25) is 4.79 Å². The van der Waals surface area contributed by atoms with Gasteiger partial charge >= 0.3 is 0 Å². The average molecular weight is 312 g/mol. The molecule has 0 saturated heterocycles. The summed E-state index contributed by atoms with van der Waals surface area (Å²) in [6, 6.07) is 7.65. The van der Waals surface area contributed by atoms with Crippen LogP contribution in [0.15, 0.2) is 34.8 Å². The molecular formula is C14H18BrNO2. The lowest BCUT2D eigenvalue weighted by atomic mass is 9.99. The van der Waals surface area contributed by atoms with Crippen LogP contribution >= 0.6 is 15.9 Å². The molecule has 0 heterocycles. The SMILES string of the molecule is CC(O)C(C)(C)NC(=O)/C=C/c1ccc(Br)cc1. The molecule has 4 heteroatoms. The molecule has 0 aliphatic carbocycles. The van der Waals surface area contributed by atoms with E-state index in [-0.39, 0.29) is 5.91 Å². The Kier molecular flexibility index (Phi) is 5.11. The van der Waals surface area contributed by atoms with Gasteiger partial charge in [-0.25, -0.2) is 0 Å². The van der Waals surface area contributed by atoms with Gasteiger partial charge in [-0.1, -0.05) is 28.1 Å². The van der Waals surface area contributed by atoms with Crippen molar-refractivity contribution in [3.8, 4) is 0 Å². The summed E-state index contributed by atoms with van der Waals surface area (Å²) >= 11 is 3.35. The fraction of sp³-hybridized carbons (Fsp3) is 0.357. The molecule has 1 unspecified atom stereocenters. The lowest BCUT2D eigenvalue weighted by Gasteiger charge is -2.28. The predicted octanol–water partition coefficient (Wildman–Crippen LogP) is 2.74. The normalized spacial score (nSPS) is 13.6. The fourth-order valence-corrected chi connectivity index (χ4v) is 1.47. The molecule has 2 N–H and O–H groups in total. The number of hydrogen-bond acceptors (Lipinski definition) is 2. The van der Waals surface area contributed by atoms with Crippen LogP contribution in [0.2, 0.25) is 0 Å². The zero-order valence-electron chi connectivity index (χ0n) is 10.8. The number of aliphatic hydroxyl groups excluding tert-OH is 1. The quantitative estimate of drug-likeness (QED) is 0.840. The molecule has 0 aromatic heterocycles. The maximum absolute atomic E-state index is 11.7. The molecule has 3 nitrogen and oxygen atoms in total. The van der Waals surface area contributed by atoms with E-state index in [1.807, 2.05) is 24.3 Å². The van der Waals surface area contributed by atoms with Crippen LogP contribution in [0.5, 0.6) is 0 Å². The molecule has 98 valence electrons. The van der Waals surface area contributed by atoms with Crippen molar-refractivity contribution in [1.82, 2.24) is 5.32 Å². The van der Waals surface area contributed by atoms with Crippen molar-refractivity contribution in [3.63, 3.8) is 0 Å². The van der Waals surface area contributed by atoms with Crippen molar-refractivity contribution in [2.75, 3.05) is 0 Å². The summed E-state index contributed by atoms with van der Waals surface area (Å²) in [7, 11) is 0. The van der Waals surface area contributed by atoms with Crippen molar-refractivity contribution in [3.05, 3.63) is 40.4 Å². The van der Waals surface area contributed by atoms with Crippen molar-refractivity contribution in [1.29, 1.82) is 0 Å². The first-order valence-corrected chi connectivity index (χ1v) is 6.54. The lowest BCUT2D eigenvalue weighted by molar-refractivity contribution is -0.119. The van der Waals surface area contributed by atoms with Crippen LogP contribution in [-0.2, 0) is 4.79 Å². The van der Waals surface area contributed by atoms with Gasteiger partial charge in [0, 0.05) is 10.5 Å². The Labute approximate surface area is 116 Å². The number of carbonyl (C=O) groups is 1. The second-order valence-electron chi connectivity index (χ2n) is 4.77. The van der Waals surface area contributed by atoms with Crippen LogP contribution in [0.4, 0.5) is 0 Å². The number of hydrogen-bond donors (Lipinski definition) is 2. The predicted molar refractivity (Wildman–Crippen MR) is 77.1 cm³/mol. The van der Waals surface area contributed by atoms with E-state index in [1.54, 1.807) is 26.8 Å². The fourth-order valence-electron chi connectivity index (χ4n) is 1.21. The highest BCUT2D eigenvalue weighted by molar-refractivity contribution is 9.10. The molecule has 1 aromatic carbocycles. The third kappa shape index (κ3) is 4.63. The number of carbonyl (C=O) groups excluding carboxylic acids is 1. The Balaban J connectivity index is 2.62. The van der Waals surface area contributed by atoms with Crippen molar-refractivity contribution < 1.29 is 9.90 Å². The monoisotopic (exact) mass is 311 g/mol. The van der Waals surface area contributed by atoms with Crippen LogP contribution in [-0.4, -0.2) is 22.7 Å². The largest absolute Gasteiger partial charge is 0.391 e. The second-order valence-corrected chi connectivity index (χ2v) is 5.69. The number of rotatable bonds is 4. The molecule has 0 fully saturated rings. The first-order valence-electron chi connectivity index (χ1n) is 5.75. The van der Waals surface area contributed by atoms with Crippen LogP contribution in [0, 0.1) is 0 Å². The Morgan fingerprint density at radius 3 is 2.44 bits per heavy atom. The molecule has 1 aromatic rings. The summed E-state index contributed by atoms with van der Waals surface area (Å²) < 4.78 is 0.999. The number of benzene rings is 1. The zero-order chi connectivity index (χ0) is 13.8. The number of amides is 1. The molecule has 0 aliphatic rings. The first kappa shape index (κ1) is 14.9. The Morgan fingerprint density at radius 1 is 1.39 bits per heavy atom. The summed E-state index contributed by atoms with van der Waals surface area (Å²) in [5.41, 5.74) is 0.310. The summed E-state index contributed by atoms with van der Waals surface area (Å²) in [6.45, 7) is 5.21. The molecule has 1 rings (SSSR count). The number of halogens is 1. The summed E-state index contributed by atoms with van der Waals surface area (Å²) in [4.78, 5) is 11.7. The average Bonchev–Trinajstić information content (AvgIpc) is 2.27. The van der Waals surface area contributed by atoms with Crippen molar-refractivity contribution >= 4 is 27.9 Å². The van der Waals surface area contributed by atoms with Gasteiger partial charge in [0.05, 0.1) is 11.6 Å². The van der Waals surface area contributed by atoms with Gasteiger partial charge in [0.25, 0.3) is 0 Å². The topological polar surface area (TPSA) is 49.3 Å². The standard InChI is InChI=1S/C14H18BrNO2/c1-10(17)14(2,3)16-13(18)9-6-11-4-7-12(15)8-5-11/h4-10,17H,1-3H3,(H,16,18)/b9-6+. The minimum atomic E-state index is -0.638. The van der Waals surface area contributed by atoms with Crippen molar-refractivity contribution in [2.24, 2.45) is 0 Å². The molecule has 1 atom stereocenters. The van der Waals surface area contributed by atoms with E-state index in [1.165, 1.54) is 6.08 Å². The zero-order valence-corrected chi connectivity index (χ0v) is 12.4. The highest BCUT2D eigenvalue weighted by atomic mass is 79.9. The van der Waals surface area contributed by atoms with Gasteiger partial charge in [-0.05, 0) is 44.5 Å². The Morgan fingerprint density at radius 2 is 1.94 bits per heavy atom. The Hall–Kier alpha value is -1.13. The van der Waals surface area contributed by atoms with Gasteiger partial charge in [0.1, 0.15) is 0 Å². The summed E-state index contributed by atoms with van der Waals surface area (Å²) in [5.74, 6) is -0.219. The van der Waals surface area contributed by atoms with E-state index in [2.05, 4.69) is 21.2 Å². The van der Waals surface area contributed by atoms with Crippen LogP contribution in [0.25, 0.3) is 6.08 Å². The van der Waals surface area contributed by atoms with E-state index < -0.39 is 11.6 Å². The minimum absolute atomic E-state index is 0.219. The van der Waals surface area contributed by atoms with Gasteiger partial charge in [0.15, 0.2) is 0 Å². The van der Waals surface area contributed by atoms with Gasteiger partial charge < -0.3 is 10.4 Å². The van der Waals surface area contributed by atoms with Crippen LogP contribution in [0.1, 0.15) is 26.3 Å². The highest BCUT2D eigenvalue weighted by Crippen LogP contribution is 2.12. The molecule has 0 spiro atoms. The lowest BCUT2D eigenvalue weighted by Crippen LogP contribution is -2.50. The van der Waals surface area contributed by atoms with Gasteiger partial charge in [-0.15, -0.1) is 0 Å².